The predicted octanol–water partition coefficient (Wildman–Crippen LogP) is 4.57. The van der Waals surface area contributed by atoms with Gasteiger partial charge in [-0.15, -0.1) is 0 Å². The van der Waals surface area contributed by atoms with Crippen molar-refractivity contribution in [3.05, 3.63) is 83.7 Å². The minimum absolute atomic E-state index is 0.0615. The Labute approximate surface area is 202 Å². The van der Waals surface area contributed by atoms with E-state index in [1.807, 2.05) is 36.4 Å². The number of nitrogens with zero attached hydrogens (tertiary/aromatic N) is 1. The Balaban J connectivity index is 1.29. The number of aromatic nitrogens is 1. The zero-order valence-corrected chi connectivity index (χ0v) is 19.0. The average Bonchev–Trinajstić information content (AvgIpc) is 3.47. The van der Waals surface area contributed by atoms with Crippen molar-refractivity contribution in [3.63, 3.8) is 0 Å². The summed E-state index contributed by atoms with van der Waals surface area (Å²) in [6.07, 6.45) is 2.86. The number of nitrogens with one attached hydrogen (secondary N) is 2. The van der Waals surface area contributed by atoms with Gasteiger partial charge in [-0.2, -0.15) is 0 Å². The van der Waals surface area contributed by atoms with Gasteiger partial charge in [0.2, 0.25) is 0 Å². The fourth-order valence-corrected chi connectivity index (χ4v) is 5.08. The van der Waals surface area contributed by atoms with E-state index in [-0.39, 0.29) is 23.9 Å². The van der Waals surface area contributed by atoms with Crippen molar-refractivity contribution in [3.8, 4) is 11.1 Å². The zero-order valence-electron chi connectivity index (χ0n) is 19.0. The Bertz CT molecular complexity index is 1250. The lowest BCUT2D eigenvalue weighted by atomic mass is 9.97. The highest BCUT2D eigenvalue weighted by atomic mass is 16.5. The number of aliphatic carboxylic acids is 1. The molecule has 1 saturated carbocycles. The Morgan fingerprint density at radius 3 is 2.20 bits per heavy atom. The molecule has 2 aliphatic rings. The molecule has 2 amide bonds. The third-order valence-corrected chi connectivity index (χ3v) is 6.82. The van der Waals surface area contributed by atoms with Crippen molar-refractivity contribution >= 4 is 23.7 Å². The Hall–Kier alpha value is -4.20. The van der Waals surface area contributed by atoms with Crippen LogP contribution in [0.1, 0.15) is 53.2 Å². The minimum Gasteiger partial charge on any atom is -0.480 e. The Morgan fingerprint density at radius 2 is 1.57 bits per heavy atom. The smallest absolute Gasteiger partial charge is 0.411 e. The number of hydrogen-bond donors (Lipinski definition) is 3. The van der Waals surface area contributed by atoms with E-state index in [1.165, 1.54) is 12.3 Å². The second-order valence-electron chi connectivity index (χ2n) is 8.90. The van der Waals surface area contributed by atoms with Crippen molar-refractivity contribution in [1.29, 1.82) is 0 Å². The van der Waals surface area contributed by atoms with Crippen molar-refractivity contribution in [2.75, 3.05) is 11.9 Å². The van der Waals surface area contributed by atoms with E-state index >= 15 is 0 Å². The summed E-state index contributed by atoms with van der Waals surface area (Å²) < 4.78 is 5.57. The van der Waals surface area contributed by atoms with Gasteiger partial charge in [-0.05, 0) is 47.2 Å². The molecule has 35 heavy (non-hydrogen) atoms. The summed E-state index contributed by atoms with van der Waals surface area (Å²) in [6, 6.07) is 19.2. The van der Waals surface area contributed by atoms with Crippen LogP contribution in [-0.4, -0.2) is 40.2 Å². The van der Waals surface area contributed by atoms with Crippen molar-refractivity contribution in [2.24, 2.45) is 0 Å². The van der Waals surface area contributed by atoms with Gasteiger partial charge in [0.25, 0.3) is 5.91 Å². The number of carbonyl (C=O) groups excluding carboxylic acids is 2. The summed E-state index contributed by atoms with van der Waals surface area (Å²) >= 11 is 0. The van der Waals surface area contributed by atoms with Crippen LogP contribution in [0.5, 0.6) is 0 Å². The highest BCUT2D eigenvalue weighted by Crippen LogP contribution is 2.44. The van der Waals surface area contributed by atoms with Crippen LogP contribution in [-0.2, 0) is 9.53 Å². The molecule has 5 rings (SSSR count). The number of amides is 2. The third-order valence-electron chi connectivity index (χ3n) is 6.82. The lowest BCUT2D eigenvalue weighted by Gasteiger charge is -2.25. The molecule has 0 aliphatic heterocycles. The van der Waals surface area contributed by atoms with E-state index in [0.29, 0.717) is 12.8 Å². The van der Waals surface area contributed by atoms with Gasteiger partial charge in [0.05, 0.1) is 5.69 Å². The predicted molar refractivity (Wildman–Crippen MR) is 129 cm³/mol. The first kappa shape index (κ1) is 22.6. The zero-order chi connectivity index (χ0) is 24.4. The van der Waals surface area contributed by atoms with Gasteiger partial charge < -0.3 is 15.2 Å². The minimum atomic E-state index is -1.31. The number of hydrogen-bond acceptors (Lipinski definition) is 5. The largest absolute Gasteiger partial charge is 0.480 e. The van der Waals surface area contributed by atoms with E-state index in [1.54, 1.807) is 6.07 Å². The maximum atomic E-state index is 12.9. The summed E-state index contributed by atoms with van der Waals surface area (Å²) in [7, 11) is 0. The maximum Gasteiger partial charge on any atom is 0.411 e. The molecule has 0 unspecified atom stereocenters. The number of benzene rings is 2. The summed E-state index contributed by atoms with van der Waals surface area (Å²) in [5.41, 5.74) is 3.23. The van der Waals surface area contributed by atoms with E-state index < -0.39 is 23.5 Å². The third kappa shape index (κ3) is 4.23. The molecule has 3 aromatic rings. The fraction of sp³-hybridized carbons (Fsp3) is 0.259. The van der Waals surface area contributed by atoms with Gasteiger partial charge in [0.15, 0.2) is 5.69 Å². The van der Waals surface area contributed by atoms with Crippen LogP contribution in [0.4, 0.5) is 10.5 Å². The molecule has 1 aromatic heterocycles. The molecule has 8 heteroatoms. The van der Waals surface area contributed by atoms with Gasteiger partial charge in [-0.1, -0.05) is 61.4 Å². The molecule has 3 N–H and O–H groups in total. The quantitative estimate of drug-likeness (QED) is 0.485. The van der Waals surface area contributed by atoms with Crippen LogP contribution < -0.4 is 10.6 Å². The first-order valence-corrected chi connectivity index (χ1v) is 11.6. The van der Waals surface area contributed by atoms with Crippen LogP contribution in [0.2, 0.25) is 0 Å². The van der Waals surface area contributed by atoms with Crippen molar-refractivity contribution < 1.29 is 24.2 Å². The van der Waals surface area contributed by atoms with E-state index in [2.05, 4.69) is 27.8 Å². The number of carboxylic acids is 1. The summed E-state index contributed by atoms with van der Waals surface area (Å²) in [4.78, 5) is 41.5. The highest BCUT2D eigenvalue weighted by Gasteiger charge is 2.43. The number of pyridine rings is 1. The van der Waals surface area contributed by atoms with Gasteiger partial charge in [0, 0.05) is 12.1 Å². The number of fused-ring (bicyclic) bond motifs is 3. The average molecular weight is 472 g/mol. The number of carbonyl (C=O) groups is 3. The second-order valence-corrected chi connectivity index (χ2v) is 8.90. The van der Waals surface area contributed by atoms with E-state index in [4.69, 9.17) is 4.74 Å². The van der Waals surface area contributed by atoms with Crippen LogP contribution >= 0.6 is 0 Å². The topological polar surface area (TPSA) is 118 Å². The molecule has 0 saturated heterocycles. The van der Waals surface area contributed by atoms with Gasteiger partial charge in [0.1, 0.15) is 12.1 Å². The SMILES string of the molecule is O=C(Nc1cccnc1C(=O)NC1(C(=O)O)CCCC1)OCC1c2ccccc2-c2ccccc21. The summed E-state index contributed by atoms with van der Waals surface area (Å²) in [6.45, 7) is 0.129. The van der Waals surface area contributed by atoms with E-state index in [0.717, 1.165) is 35.1 Å². The molecule has 178 valence electrons. The van der Waals surface area contributed by atoms with Crippen LogP contribution in [0, 0.1) is 0 Å². The fourth-order valence-electron chi connectivity index (χ4n) is 5.08. The monoisotopic (exact) mass is 471 g/mol. The number of carboxylic acid groups (broad SMARTS) is 1. The number of rotatable bonds is 6. The van der Waals surface area contributed by atoms with Crippen LogP contribution in [0.3, 0.4) is 0 Å². The Morgan fingerprint density at radius 1 is 0.943 bits per heavy atom. The molecular formula is C27H25N3O5. The molecule has 0 bridgehead atoms. The molecule has 2 aliphatic carbocycles. The first-order valence-electron chi connectivity index (χ1n) is 11.6. The molecule has 1 heterocycles. The van der Waals surface area contributed by atoms with Crippen molar-refractivity contribution in [1.82, 2.24) is 10.3 Å². The molecule has 2 aromatic carbocycles. The lowest BCUT2D eigenvalue weighted by molar-refractivity contribution is -0.144. The molecule has 1 fully saturated rings. The van der Waals surface area contributed by atoms with Crippen LogP contribution in [0.15, 0.2) is 66.9 Å². The standard InChI is InChI=1S/C27H25N3O5/c31-24(30-27(25(32)33)13-5-6-14-27)23-22(12-7-15-28-23)29-26(34)35-16-21-19-10-3-1-8-17(19)18-9-2-4-11-20(18)21/h1-4,7-12,15,21H,5-6,13-14,16H2,(H,29,34)(H,30,31)(H,32,33). The molecular weight excluding hydrogens is 446 g/mol. The second kappa shape index (κ2) is 9.21. The molecule has 8 nitrogen and oxygen atoms in total. The Kier molecular flexibility index (Phi) is 5.94. The van der Waals surface area contributed by atoms with Gasteiger partial charge in [-0.3, -0.25) is 10.1 Å². The van der Waals surface area contributed by atoms with Gasteiger partial charge in [-0.25, -0.2) is 14.6 Å². The molecule has 0 radical (unpaired) electrons. The van der Waals surface area contributed by atoms with Crippen molar-refractivity contribution in [2.45, 2.75) is 37.1 Å². The highest BCUT2D eigenvalue weighted by molar-refractivity contribution is 6.03. The van der Waals surface area contributed by atoms with Crippen LogP contribution in [0.25, 0.3) is 11.1 Å². The number of anilines is 1. The normalized spacial score (nSPS) is 15.7. The number of ether oxygens (including phenoxy) is 1. The lowest BCUT2D eigenvalue weighted by Crippen LogP contribution is -2.52. The maximum absolute atomic E-state index is 12.9. The van der Waals surface area contributed by atoms with E-state index in [9.17, 15) is 19.5 Å². The molecule has 0 spiro atoms. The summed E-state index contributed by atoms with van der Waals surface area (Å²) in [5, 5.41) is 14.9. The summed E-state index contributed by atoms with van der Waals surface area (Å²) in [5.74, 6) is -1.81. The first-order chi connectivity index (χ1) is 17.0. The molecule has 0 atom stereocenters. The van der Waals surface area contributed by atoms with Gasteiger partial charge >= 0.3 is 12.1 Å².